The van der Waals surface area contributed by atoms with Gasteiger partial charge in [-0.25, -0.2) is 4.79 Å². The first-order valence-corrected chi connectivity index (χ1v) is 5.89. The Bertz CT molecular complexity index is 805. The zero-order valence-electron chi connectivity index (χ0n) is 11.3. The van der Waals surface area contributed by atoms with Crippen molar-refractivity contribution in [3.8, 4) is 11.5 Å². The van der Waals surface area contributed by atoms with Crippen LogP contribution in [-0.4, -0.2) is 13.1 Å². The summed E-state index contributed by atoms with van der Waals surface area (Å²) in [5.41, 5.74) is 7.61. The molecule has 2 rings (SSSR count). The maximum absolute atomic E-state index is 12.0. The highest BCUT2D eigenvalue weighted by Crippen LogP contribution is 2.29. The summed E-state index contributed by atoms with van der Waals surface area (Å²) in [6.07, 6.45) is 0. The number of ether oxygens (including phenoxy) is 2. The van der Waals surface area contributed by atoms with Crippen molar-refractivity contribution < 1.29 is 18.7 Å². The van der Waals surface area contributed by atoms with Gasteiger partial charge in [0.15, 0.2) is 0 Å². The van der Waals surface area contributed by atoms with Crippen LogP contribution in [0.15, 0.2) is 32.5 Å². The molecule has 21 heavy (non-hydrogen) atoms. The van der Waals surface area contributed by atoms with Crippen LogP contribution >= 0.6 is 0 Å². The van der Waals surface area contributed by atoms with E-state index in [4.69, 9.17) is 19.4 Å². The molecule has 1 heterocycles. The Morgan fingerprint density at radius 3 is 2.81 bits per heavy atom. The van der Waals surface area contributed by atoms with E-state index in [-0.39, 0.29) is 23.4 Å². The molecule has 0 aliphatic heterocycles. The fourth-order valence-electron chi connectivity index (χ4n) is 1.85. The highest BCUT2D eigenvalue weighted by Gasteiger charge is 2.14. The predicted octanol–water partition coefficient (Wildman–Crippen LogP) is 2.54. The zero-order valence-corrected chi connectivity index (χ0v) is 11.3. The number of methoxy groups -OCH3 is 1. The molecule has 1 aromatic heterocycles. The second-order valence-corrected chi connectivity index (χ2v) is 4.07. The first-order valence-electron chi connectivity index (χ1n) is 5.89. The first kappa shape index (κ1) is 14.4. The summed E-state index contributed by atoms with van der Waals surface area (Å²) in [5.74, 6) is 0.106. The average Bonchev–Trinajstić information content (AvgIpc) is 2.43. The minimum atomic E-state index is -0.686. The van der Waals surface area contributed by atoms with Gasteiger partial charge in [0.25, 0.3) is 0 Å². The fraction of sp³-hybridized carbons (Fsp3) is 0.231. The summed E-state index contributed by atoms with van der Waals surface area (Å²) in [4.78, 5) is 25.8. The van der Waals surface area contributed by atoms with Gasteiger partial charge in [-0.05, 0) is 23.1 Å². The van der Waals surface area contributed by atoms with E-state index in [9.17, 15) is 9.59 Å². The quantitative estimate of drug-likeness (QED) is 0.282. The average molecular weight is 289 g/mol. The van der Waals surface area contributed by atoms with Gasteiger partial charge in [-0.15, -0.1) is 0 Å². The van der Waals surface area contributed by atoms with Gasteiger partial charge in [-0.2, -0.15) is 0 Å². The standard InChI is InChI=1S/C13H11N3O5/c1-7(17)20-11-5-9(19-2)3-8-4-10(6-15-16-14)21-13(18)12(8)11/h3-5H,6H2,1-2H3. The number of carbonyl (C=O) groups is 1. The fourth-order valence-corrected chi connectivity index (χ4v) is 1.85. The van der Waals surface area contributed by atoms with E-state index in [1.54, 1.807) is 6.07 Å². The predicted molar refractivity (Wildman–Crippen MR) is 73.2 cm³/mol. The van der Waals surface area contributed by atoms with Crippen molar-refractivity contribution >= 4 is 16.7 Å². The first-order chi connectivity index (χ1) is 10.0. The van der Waals surface area contributed by atoms with E-state index in [0.717, 1.165) is 0 Å². The van der Waals surface area contributed by atoms with Crippen LogP contribution in [0.5, 0.6) is 11.5 Å². The van der Waals surface area contributed by atoms with Gasteiger partial charge < -0.3 is 13.9 Å². The van der Waals surface area contributed by atoms with E-state index < -0.39 is 11.6 Å². The molecule has 108 valence electrons. The lowest BCUT2D eigenvalue weighted by atomic mass is 10.1. The van der Waals surface area contributed by atoms with Crippen LogP contribution in [-0.2, 0) is 11.3 Å². The molecular weight excluding hydrogens is 278 g/mol. The summed E-state index contributed by atoms with van der Waals surface area (Å²) in [6.45, 7) is 1.13. The molecule has 8 heteroatoms. The van der Waals surface area contributed by atoms with Crippen molar-refractivity contribution in [3.63, 3.8) is 0 Å². The molecular formula is C13H11N3O5. The molecule has 0 saturated carbocycles. The molecule has 8 nitrogen and oxygen atoms in total. The van der Waals surface area contributed by atoms with Crippen LogP contribution in [0, 0.1) is 0 Å². The van der Waals surface area contributed by atoms with Crippen LogP contribution in [0.25, 0.3) is 21.2 Å². The van der Waals surface area contributed by atoms with E-state index in [0.29, 0.717) is 11.1 Å². The topological polar surface area (TPSA) is 115 Å². The van der Waals surface area contributed by atoms with Crippen molar-refractivity contribution in [3.05, 3.63) is 44.8 Å². The van der Waals surface area contributed by atoms with Crippen molar-refractivity contribution in [1.82, 2.24) is 0 Å². The second-order valence-electron chi connectivity index (χ2n) is 4.07. The molecule has 0 aliphatic carbocycles. The van der Waals surface area contributed by atoms with Crippen LogP contribution in [0.2, 0.25) is 0 Å². The summed E-state index contributed by atoms with van der Waals surface area (Å²) in [6, 6.07) is 4.55. The zero-order chi connectivity index (χ0) is 15.4. The molecule has 0 aliphatic rings. The summed E-state index contributed by atoms with van der Waals surface area (Å²) >= 11 is 0. The van der Waals surface area contributed by atoms with Gasteiger partial charge in [-0.3, -0.25) is 4.79 Å². The van der Waals surface area contributed by atoms with E-state index in [1.165, 1.54) is 26.2 Å². The van der Waals surface area contributed by atoms with Crippen LogP contribution in [0.1, 0.15) is 12.7 Å². The van der Waals surface area contributed by atoms with Gasteiger partial charge in [0.05, 0.1) is 13.7 Å². The maximum atomic E-state index is 12.0. The molecule has 0 N–H and O–H groups in total. The lowest BCUT2D eigenvalue weighted by molar-refractivity contribution is -0.131. The lowest BCUT2D eigenvalue weighted by Crippen LogP contribution is -2.08. The smallest absolute Gasteiger partial charge is 0.347 e. The number of fused-ring (bicyclic) bond motifs is 1. The number of hydrogen-bond donors (Lipinski definition) is 0. The number of benzene rings is 1. The van der Waals surface area contributed by atoms with Gasteiger partial charge in [-0.1, -0.05) is 5.11 Å². The summed E-state index contributed by atoms with van der Waals surface area (Å²) in [7, 11) is 1.45. The Balaban J connectivity index is 2.70. The lowest BCUT2D eigenvalue weighted by Gasteiger charge is -2.08. The van der Waals surface area contributed by atoms with Gasteiger partial charge in [0, 0.05) is 17.9 Å². The van der Waals surface area contributed by atoms with Gasteiger partial charge in [0.2, 0.25) is 0 Å². The van der Waals surface area contributed by atoms with Crippen molar-refractivity contribution in [2.75, 3.05) is 7.11 Å². The SMILES string of the molecule is COc1cc(OC(C)=O)c2c(=O)oc(CN=[N+]=[N-])cc2c1. The highest BCUT2D eigenvalue weighted by atomic mass is 16.5. The number of azide groups is 1. The largest absolute Gasteiger partial charge is 0.497 e. The van der Waals surface area contributed by atoms with Crippen molar-refractivity contribution in [1.29, 1.82) is 0 Å². The van der Waals surface area contributed by atoms with E-state index >= 15 is 0 Å². The Hall–Kier alpha value is -2.99. The Kier molecular flexibility index (Phi) is 4.10. The van der Waals surface area contributed by atoms with E-state index in [2.05, 4.69) is 10.0 Å². The van der Waals surface area contributed by atoms with E-state index in [1.807, 2.05) is 0 Å². The second kappa shape index (κ2) is 5.98. The molecule has 2 aromatic rings. The third-order valence-electron chi connectivity index (χ3n) is 2.63. The molecule has 0 radical (unpaired) electrons. The van der Waals surface area contributed by atoms with Crippen LogP contribution in [0.4, 0.5) is 0 Å². The normalized spacial score (nSPS) is 10.0. The molecule has 0 fully saturated rings. The number of hydrogen-bond acceptors (Lipinski definition) is 6. The molecule has 0 atom stereocenters. The minimum absolute atomic E-state index is 0.0564. The number of rotatable bonds is 4. The Morgan fingerprint density at radius 1 is 1.43 bits per heavy atom. The van der Waals surface area contributed by atoms with Crippen LogP contribution < -0.4 is 15.1 Å². The molecule has 0 saturated heterocycles. The van der Waals surface area contributed by atoms with Gasteiger partial charge >= 0.3 is 11.6 Å². The third kappa shape index (κ3) is 3.13. The van der Waals surface area contributed by atoms with Crippen molar-refractivity contribution in [2.24, 2.45) is 5.11 Å². The minimum Gasteiger partial charge on any atom is -0.497 e. The number of nitrogens with zero attached hydrogens (tertiary/aromatic N) is 3. The summed E-state index contributed by atoms with van der Waals surface area (Å²) < 4.78 is 15.1. The third-order valence-corrected chi connectivity index (χ3v) is 2.63. The number of carbonyl (C=O) groups excluding carboxylic acids is 1. The number of esters is 1. The molecule has 0 amide bonds. The van der Waals surface area contributed by atoms with Crippen LogP contribution in [0.3, 0.4) is 0 Å². The van der Waals surface area contributed by atoms with Crippen molar-refractivity contribution in [2.45, 2.75) is 13.5 Å². The Labute approximate surface area is 118 Å². The van der Waals surface area contributed by atoms with Gasteiger partial charge in [0.1, 0.15) is 22.6 Å². The summed E-state index contributed by atoms with van der Waals surface area (Å²) in [5, 5.41) is 3.92. The Morgan fingerprint density at radius 2 is 2.19 bits per heavy atom. The molecule has 1 aromatic carbocycles. The molecule has 0 unspecified atom stereocenters. The molecule has 0 bridgehead atoms. The molecule has 0 spiro atoms. The highest BCUT2D eigenvalue weighted by molar-refractivity contribution is 5.90. The maximum Gasteiger partial charge on any atom is 0.347 e. The monoisotopic (exact) mass is 289 g/mol.